The van der Waals surface area contributed by atoms with Crippen LogP contribution in [0, 0.1) is 0 Å². The zero-order valence-corrected chi connectivity index (χ0v) is 12.3. The topological polar surface area (TPSA) is 26.3 Å². The quantitative estimate of drug-likeness (QED) is 0.263. The molecule has 0 aliphatic heterocycles. The lowest BCUT2D eigenvalue weighted by Gasteiger charge is -2.13. The van der Waals surface area contributed by atoms with Crippen LogP contribution in [-0.2, 0) is 9.53 Å². The molecule has 0 atom stereocenters. The molecular weight excluding hydrogens is 485 g/mol. The highest BCUT2D eigenvalue weighted by Gasteiger charge is 2.28. The Balaban J connectivity index is 4.15. The second-order valence-electron chi connectivity index (χ2n) is 1.70. The van der Waals surface area contributed by atoms with Gasteiger partial charge in [-0.2, -0.15) is 0 Å². The Morgan fingerprint density at radius 2 is 2.00 bits per heavy atom. The van der Waals surface area contributed by atoms with Gasteiger partial charge in [0.15, 0.2) is -0.565 Å². The van der Waals surface area contributed by atoms with Gasteiger partial charge in [-0.15, -0.1) is 0 Å². The van der Waals surface area contributed by atoms with E-state index in [0.29, 0.717) is 12.2 Å². The van der Waals surface area contributed by atoms with Gasteiger partial charge in [0.2, 0.25) is 0 Å². The first-order chi connectivity index (χ1) is 4.89. The average Bonchev–Trinajstić information content (AvgIpc) is 1.85. The number of ether oxygens (including phenoxy) is 1. The Labute approximate surface area is 107 Å². The van der Waals surface area contributed by atoms with Crippen LogP contribution in [0.4, 0.5) is 0 Å². The van der Waals surface area contributed by atoms with Gasteiger partial charge in [0.1, 0.15) is 0 Å². The van der Waals surface area contributed by atoms with Gasteiger partial charge >= 0.3 is 5.97 Å². The lowest BCUT2D eigenvalue weighted by atomic mass is 10.4. The van der Waals surface area contributed by atoms with Crippen LogP contribution < -0.4 is 0 Å². The van der Waals surface area contributed by atoms with E-state index in [-0.39, 0.29) is 5.40 Å². The number of esters is 1. The summed E-state index contributed by atoms with van der Waals surface area (Å²) in [5, 5.41) is 0. The van der Waals surface area contributed by atoms with E-state index in [1.165, 1.54) is 0 Å². The van der Waals surface area contributed by atoms with Crippen LogP contribution in [-0.4, -0.2) is 12.0 Å². The van der Waals surface area contributed by atoms with Crippen molar-refractivity contribution in [3.63, 3.8) is 0 Å². The molecule has 2 nitrogen and oxygen atoms in total. The molecule has 0 saturated carbocycles. The van der Waals surface area contributed by atoms with Crippen molar-refractivity contribution >= 4 is 73.7 Å². The molecule has 0 heterocycles. The summed E-state index contributed by atoms with van der Waals surface area (Å²) in [5.41, 5.74) is 0.487. The highest BCUT2D eigenvalue weighted by atomic mass is 127. The van der Waals surface area contributed by atoms with Gasteiger partial charge < -0.3 is 4.74 Å². The van der Waals surface area contributed by atoms with Crippen LogP contribution in [0.2, 0.25) is 0 Å². The number of rotatable bonds is 3. The van der Waals surface area contributed by atoms with Gasteiger partial charge in [0.25, 0.3) is 0 Å². The molecule has 0 saturated heterocycles. The average molecular weight is 492 g/mol. The van der Waals surface area contributed by atoms with E-state index in [2.05, 4.69) is 74.4 Å². The van der Waals surface area contributed by atoms with Crippen molar-refractivity contribution in [2.24, 2.45) is 0 Å². The normalized spacial score (nSPS) is 10.9. The largest absolute Gasteiger partial charge is 0.463 e. The monoisotopic (exact) mass is 492 g/mol. The maximum Gasteiger partial charge on any atom is 0.336 e. The first-order valence-corrected chi connectivity index (χ1v) is 6.06. The van der Waals surface area contributed by atoms with Gasteiger partial charge in [-0.05, 0) is 74.7 Å². The summed E-state index contributed by atoms with van der Waals surface area (Å²) in [6.07, 6.45) is 0. The van der Waals surface area contributed by atoms with Gasteiger partial charge in [0, 0.05) is 0 Å². The lowest BCUT2D eigenvalue weighted by molar-refractivity contribution is -0.138. The van der Waals surface area contributed by atoms with Crippen molar-refractivity contribution in [2.75, 3.05) is 6.61 Å². The second kappa shape index (κ2) is 5.20. The number of hydrogen-bond acceptors (Lipinski definition) is 2. The minimum atomic E-state index is -0.314. The summed E-state index contributed by atoms with van der Waals surface area (Å²) in [4.78, 5) is 11.1. The highest BCUT2D eigenvalue weighted by molar-refractivity contribution is 14.3. The second-order valence-corrected chi connectivity index (χ2v) is 12.7. The predicted molar refractivity (Wildman–Crippen MR) is 70.6 cm³/mol. The molecule has 5 heteroatoms. The van der Waals surface area contributed by atoms with Crippen molar-refractivity contribution in [2.45, 2.75) is 6.36 Å². The summed E-state index contributed by atoms with van der Waals surface area (Å²) in [7, 11) is 0. The van der Waals surface area contributed by atoms with Crippen LogP contribution in [0.15, 0.2) is 12.2 Å². The number of alkyl halides is 3. The van der Waals surface area contributed by atoms with Crippen molar-refractivity contribution in [1.29, 1.82) is 0 Å². The third-order valence-electron chi connectivity index (χ3n) is 0.864. The summed E-state index contributed by atoms with van der Waals surface area (Å²) in [5.74, 6) is -0.314. The predicted octanol–water partition coefficient (Wildman–Crippen LogP) is 3.06. The number of carbonyl (C=O) groups excluding carboxylic acids is 1. The molecule has 0 aromatic carbocycles. The molecule has 0 bridgehead atoms. The van der Waals surface area contributed by atoms with Gasteiger partial charge in [-0.25, -0.2) is 4.79 Å². The Hall–Kier alpha value is 1.40. The molecule has 0 aliphatic rings. The highest BCUT2D eigenvalue weighted by Crippen LogP contribution is 2.42. The number of hydrogen-bond donors (Lipinski definition) is 0. The van der Waals surface area contributed by atoms with Crippen LogP contribution in [0.3, 0.4) is 0 Å². The molecule has 0 radical (unpaired) electrons. The van der Waals surface area contributed by atoms with E-state index in [9.17, 15) is 4.79 Å². The Bertz CT molecular complexity index is 171. The Morgan fingerprint density at radius 3 is 2.27 bits per heavy atom. The van der Waals surface area contributed by atoms with Gasteiger partial charge in [-0.1, -0.05) is 6.58 Å². The van der Waals surface area contributed by atoms with Crippen molar-refractivity contribution in [3.05, 3.63) is 12.2 Å². The smallest absolute Gasteiger partial charge is 0.336 e. The van der Waals surface area contributed by atoms with Crippen LogP contribution in [0.1, 0.15) is 6.92 Å². The molecule has 0 fully saturated rings. The lowest BCUT2D eigenvalue weighted by Crippen LogP contribution is -2.16. The van der Waals surface area contributed by atoms with E-state index in [0.717, 1.165) is 0 Å². The van der Waals surface area contributed by atoms with Gasteiger partial charge in [-0.3, -0.25) is 0 Å². The summed E-state index contributed by atoms with van der Waals surface area (Å²) in [6, 6.07) is 0. The minimum Gasteiger partial charge on any atom is -0.463 e. The van der Waals surface area contributed by atoms with E-state index in [1.807, 2.05) is 0 Å². The summed E-state index contributed by atoms with van der Waals surface area (Å²) >= 11 is 6.39. The minimum absolute atomic E-state index is 0.278. The van der Waals surface area contributed by atoms with Crippen LogP contribution in [0.5, 0.6) is 0 Å². The van der Waals surface area contributed by atoms with Crippen molar-refractivity contribution in [1.82, 2.24) is 0 Å². The first kappa shape index (κ1) is 12.4. The van der Waals surface area contributed by atoms with E-state index >= 15 is 0 Å². The number of halogens is 3. The molecule has 0 unspecified atom stereocenters. The third kappa shape index (κ3) is 4.86. The molecule has 0 amide bonds. The van der Waals surface area contributed by atoms with Crippen LogP contribution in [0.25, 0.3) is 0 Å². The maximum absolute atomic E-state index is 11.1. The Morgan fingerprint density at radius 1 is 1.55 bits per heavy atom. The SMILES string of the molecule is C=C(C(=O)OCC)C(I)(I)I. The van der Waals surface area contributed by atoms with E-state index in [4.69, 9.17) is 4.74 Å². The third-order valence-corrected chi connectivity index (χ3v) is 2.82. The fraction of sp³-hybridized carbons (Fsp3) is 0.500. The fourth-order valence-electron chi connectivity index (χ4n) is 0.334. The van der Waals surface area contributed by atoms with E-state index in [1.54, 1.807) is 6.92 Å². The molecular formula is C6H7I3O2. The first-order valence-electron chi connectivity index (χ1n) is 2.82. The molecule has 0 aromatic heterocycles. The Kier molecular flexibility index (Phi) is 5.86. The van der Waals surface area contributed by atoms with Crippen molar-refractivity contribution < 1.29 is 9.53 Å². The maximum atomic E-state index is 11.1. The standard InChI is InChI=1S/C6H7I3O2/c1-3-11-5(10)4(2)6(7,8)9/h2-3H2,1H3. The molecule has 11 heavy (non-hydrogen) atoms. The molecule has 0 N–H and O–H groups in total. The molecule has 0 spiro atoms. The zero-order valence-electron chi connectivity index (χ0n) is 5.86. The molecule has 0 aromatic rings. The molecule has 64 valence electrons. The van der Waals surface area contributed by atoms with E-state index < -0.39 is 0 Å². The number of carbonyl (C=O) groups is 1. The zero-order chi connectivity index (χ0) is 9.07. The van der Waals surface area contributed by atoms with Crippen LogP contribution >= 0.6 is 67.8 Å². The van der Waals surface area contributed by atoms with Crippen molar-refractivity contribution in [3.8, 4) is 0 Å². The van der Waals surface area contributed by atoms with Gasteiger partial charge in [0.05, 0.1) is 12.2 Å². The summed E-state index contributed by atoms with van der Waals surface area (Å²) in [6.45, 7) is 5.83. The molecule has 0 aliphatic carbocycles. The summed E-state index contributed by atoms with van der Waals surface area (Å²) < 4.78 is 4.50. The fourth-order valence-corrected chi connectivity index (χ4v) is 0.995. The molecule has 0 rings (SSSR count).